The lowest BCUT2D eigenvalue weighted by molar-refractivity contribution is -0.137. The molecule has 9 heteroatoms. The monoisotopic (exact) mass is 455 g/mol. The number of amides is 1. The zero-order valence-electron chi connectivity index (χ0n) is 18.6. The van der Waals surface area contributed by atoms with Crippen molar-refractivity contribution < 1.29 is 18.0 Å². The van der Waals surface area contributed by atoms with Crippen LogP contribution < -0.4 is 4.90 Å². The van der Waals surface area contributed by atoms with Gasteiger partial charge in [0, 0.05) is 11.6 Å². The maximum atomic E-state index is 13.5. The number of halogens is 3. The van der Waals surface area contributed by atoms with Gasteiger partial charge in [0.1, 0.15) is 18.2 Å². The van der Waals surface area contributed by atoms with Crippen LogP contribution in [0.4, 0.5) is 19.0 Å². The van der Waals surface area contributed by atoms with Crippen molar-refractivity contribution in [3.63, 3.8) is 0 Å². The van der Waals surface area contributed by atoms with E-state index in [2.05, 4.69) is 15.2 Å². The summed E-state index contributed by atoms with van der Waals surface area (Å²) >= 11 is 0. The third-order valence-corrected chi connectivity index (χ3v) is 6.78. The minimum Gasteiger partial charge on any atom is -0.285 e. The highest BCUT2D eigenvalue weighted by molar-refractivity contribution is 5.98. The number of hydrogen-bond acceptors (Lipinski definition) is 4. The number of carbonyl (C=O) groups is 1. The van der Waals surface area contributed by atoms with Gasteiger partial charge >= 0.3 is 6.18 Å². The van der Waals surface area contributed by atoms with Crippen LogP contribution in [-0.2, 0) is 11.0 Å². The molecule has 3 aromatic rings. The lowest BCUT2D eigenvalue weighted by atomic mass is 9.93. The molecule has 1 saturated carbocycles. The quantitative estimate of drug-likeness (QED) is 0.551. The van der Waals surface area contributed by atoms with Crippen LogP contribution in [0.15, 0.2) is 36.7 Å². The van der Waals surface area contributed by atoms with Gasteiger partial charge in [-0.25, -0.2) is 4.98 Å². The van der Waals surface area contributed by atoms with E-state index in [0.717, 1.165) is 41.8 Å². The van der Waals surface area contributed by atoms with E-state index in [1.54, 1.807) is 6.33 Å². The second-order valence-electron chi connectivity index (χ2n) is 9.06. The molecule has 6 nitrogen and oxygen atoms in total. The number of nitrogens with zero attached hydrogens (tertiary/aromatic N) is 5. The maximum Gasteiger partial charge on any atom is 0.416 e. The minimum absolute atomic E-state index is 0.0160. The molecule has 3 unspecified atom stereocenters. The summed E-state index contributed by atoms with van der Waals surface area (Å²) in [5.74, 6) is 0.0624. The van der Waals surface area contributed by atoms with Gasteiger partial charge in [-0.2, -0.15) is 13.2 Å². The van der Waals surface area contributed by atoms with Crippen molar-refractivity contribution in [2.24, 2.45) is 11.8 Å². The van der Waals surface area contributed by atoms with E-state index in [0.29, 0.717) is 12.2 Å². The Bertz CT molecular complexity index is 1240. The summed E-state index contributed by atoms with van der Waals surface area (Å²) in [6, 6.07) is 7.46. The molecule has 5 rings (SSSR count). The van der Waals surface area contributed by atoms with Crippen molar-refractivity contribution in [3.05, 3.63) is 64.9 Å². The molecule has 2 fully saturated rings. The SMILES string of the molecule is Cc1ccc(C)c(-n2cnnc2C2C3CCCC3C(=O)N2c2cc(C(F)(F)F)cc(C)n2)c1. The first-order valence-electron chi connectivity index (χ1n) is 11.0. The summed E-state index contributed by atoms with van der Waals surface area (Å²) in [7, 11) is 0. The standard InChI is InChI=1S/C24H24F3N5O/c1-13-7-8-14(2)19(9-13)31-12-28-30-22(31)21-17-5-4-6-18(17)23(33)32(21)20-11-16(24(25,26)27)10-15(3)29-20/h7-12,17-18,21H,4-6H2,1-3H3. The number of fused-ring (bicyclic) bond motifs is 1. The van der Waals surface area contributed by atoms with E-state index in [1.165, 1.54) is 11.8 Å². The number of pyridine rings is 1. The fraction of sp³-hybridized carbons (Fsp3) is 0.417. The highest BCUT2D eigenvalue weighted by atomic mass is 19.4. The molecule has 33 heavy (non-hydrogen) atoms. The van der Waals surface area contributed by atoms with Crippen LogP contribution in [0.3, 0.4) is 0 Å². The summed E-state index contributed by atoms with van der Waals surface area (Å²) in [4.78, 5) is 19.3. The number of rotatable bonds is 3. The Morgan fingerprint density at radius 1 is 1.06 bits per heavy atom. The number of hydrogen-bond donors (Lipinski definition) is 0. The first-order valence-corrected chi connectivity index (χ1v) is 11.0. The van der Waals surface area contributed by atoms with Crippen molar-refractivity contribution in [2.45, 2.75) is 52.3 Å². The van der Waals surface area contributed by atoms with Gasteiger partial charge < -0.3 is 0 Å². The van der Waals surface area contributed by atoms with Gasteiger partial charge in [-0.15, -0.1) is 10.2 Å². The number of alkyl halides is 3. The third kappa shape index (κ3) is 3.59. The maximum absolute atomic E-state index is 13.5. The van der Waals surface area contributed by atoms with E-state index in [-0.39, 0.29) is 29.3 Å². The molecule has 1 saturated heterocycles. The van der Waals surface area contributed by atoms with Crippen molar-refractivity contribution in [1.82, 2.24) is 19.7 Å². The van der Waals surface area contributed by atoms with Crippen molar-refractivity contribution in [1.29, 1.82) is 0 Å². The molecule has 3 heterocycles. The van der Waals surface area contributed by atoms with Crippen molar-refractivity contribution >= 4 is 11.7 Å². The molecule has 0 spiro atoms. The van der Waals surface area contributed by atoms with Crippen molar-refractivity contribution in [3.8, 4) is 5.69 Å². The first kappa shape index (κ1) is 21.6. The molecular weight excluding hydrogens is 431 g/mol. The van der Waals surface area contributed by atoms with E-state index < -0.39 is 17.8 Å². The van der Waals surface area contributed by atoms with Crippen LogP contribution >= 0.6 is 0 Å². The van der Waals surface area contributed by atoms with Crippen molar-refractivity contribution in [2.75, 3.05) is 4.90 Å². The van der Waals surface area contributed by atoms with Crippen LogP contribution in [0.2, 0.25) is 0 Å². The van der Waals surface area contributed by atoms with E-state index in [1.807, 2.05) is 36.6 Å². The van der Waals surface area contributed by atoms with Crippen LogP contribution in [0, 0.1) is 32.6 Å². The highest BCUT2D eigenvalue weighted by Crippen LogP contribution is 2.51. The molecule has 1 amide bonds. The molecule has 3 atom stereocenters. The molecule has 1 aliphatic heterocycles. The predicted molar refractivity (Wildman–Crippen MR) is 116 cm³/mol. The molecule has 1 aliphatic carbocycles. The molecule has 0 radical (unpaired) electrons. The lowest BCUT2D eigenvalue weighted by Crippen LogP contribution is -2.33. The highest BCUT2D eigenvalue weighted by Gasteiger charge is 2.53. The Morgan fingerprint density at radius 2 is 1.85 bits per heavy atom. The number of aromatic nitrogens is 4. The Balaban J connectivity index is 1.67. The Kier molecular flexibility index (Phi) is 5.02. The molecular formula is C24H24F3N5O. The Morgan fingerprint density at radius 3 is 2.61 bits per heavy atom. The molecule has 0 bridgehead atoms. The smallest absolute Gasteiger partial charge is 0.285 e. The van der Waals surface area contributed by atoms with Gasteiger partial charge in [-0.3, -0.25) is 14.3 Å². The van der Waals surface area contributed by atoms with Crippen LogP contribution in [-0.4, -0.2) is 25.7 Å². The summed E-state index contributed by atoms with van der Waals surface area (Å²) in [6.07, 6.45) is -0.512. The van der Waals surface area contributed by atoms with Crippen LogP contribution in [0.25, 0.3) is 5.69 Å². The zero-order chi connectivity index (χ0) is 23.5. The Labute approximate surface area is 189 Å². The van der Waals surface area contributed by atoms with Gasteiger partial charge in [-0.05, 0) is 68.9 Å². The summed E-state index contributed by atoms with van der Waals surface area (Å²) in [6.45, 7) is 5.47. The largest absolute Gasteiger partial charge is 0.416 e. The lowest BCUT2D eigenvalue weighted by Gasteiger charge is -2.28. The zero-order valence-corrected chi connectivity index (χ0v) is 18.6. The van der Waals surface area contributed by atoms with E-state index in [4.69, 9.17) is 0 Å². The third-order valence-electron chi connectivity index (χ3n) is 6.78. The number of benzene rings is 1. The molecule has 0 N–H and O–H groups in total. The van der Waals surface area contributed by atoms with Gasteiger partial charge in [0.2, 0.25) is 5.91 Å². The summed E-state index contributed by atoms with van der Waals surface area (Å²) in [5.41, 5.74) is 2.35. The fourth-order valence-corrected chi connectivity index (χ4v) is 5.29. The van der Waals surface area contributed by atoms with Gasteiger partial charge in [-0.1, -0.05) is 18.6 Å². The molecule has 1 aromatic carbocycles. The van der Waals surface area contributed by atoms with E-state index in [9.17, 15) is 18.0 Å². The van der Waals surface area contributed by atoms with E-state index >= 15 is 0 Å². The van der Waals surface area contributed by atoms with Gasteiger partial charge in [0.15, 0.2) is 5.82 Å². The fourth-order valence-electron chi connectivity index (χ4n) is 5.29. The summed E-state index contributed by atoms with van der Waals surface area (Å²) < 4.78 is 42.5. The number of carbonyl (C=O) groups excluding carboxylic acids is 1. The average molecular weight is 455 g/mol. The normalized spacial score (nSPS) is 22.8. The summed E-state index contributed by atoms with van der Waals surface area (Å²) in [5, 5.41) is 8.51. The second kappa shape index (κ2) is 7.67. The topological polar surface area (TPSA) is 63.9 Å². The van der Waals surface area contributed by atoms with Crippen LogP contribution in [0.1, 0.15) is 53.5 Å². The molecule has 2 aliphatic rings. The number of anilines is 1. The predicted octanol–water partition coefficient (Wildman–Crippen LogP) is 5.11. The van der Waals surface area contributed by atoms with Gasteiger partial charge in [0.25, 0.3) is 0 Å². The first-order chi connectivity index (χ1) is 15.6. The minimum atomic E-state index is -4.53. The van der Waals surface area contributed by atoms with Crippen LogP contribution in [0.5, 0.6) is 0 Å². The second-order valence-corrected chi connectivity index (χ2v) is 9.06. The number of aryl methyl sites for hydroxylation is 3. The Hall–Kier alpha value is -3.23. The molecule has 2 aromatic heterocycles. The average Bonchev–Trinajstić information content (AvgIpc) is 3.46. The van der Waals surface area contributed by atoms with Gasteiger partial charge in [0.05, 0.1) is 11.3 Å². The molecule has 172 valence electrons.